The van der Waals surface area contributed by atoms with Crippen molar-refractivity contribution in [1.29, 1.82) is 0 Å². The largest absolute Gasteiger partial charge is 0.495 e. The van der Waals surface area contributed by atoms with E-state index in [0.717, 1.165) is 23.9 Å². The Labute approximate surface area is 186 Å². The molecule has 0 unspecified atom stereocenters. The van der Waals surface area contributed by atoms with Gasteiger partial charge in [-0.2, -0.15) is 0 Å². The molecule has 0 aliphatic carbocycles. The van der Waals surface area contributed by atoms with Crippen LogP contribution in [-0.2, 0) is 10.3 Å². The number of rotatable bonds is 4. The van der Waals surface area contributed by atoms with Gasteiger partial charge in [0.25, 0.3) is 5.91 Å². The van der Waals surface area contributed by atoms with Gasteiger partial charge >= 0.3 is 0 Å². The third-order valence-electron chi connectivity index (χ3n) is 5.07. The number of carbonyl (C=O) groups is 1. The molecule has 2 aliphatic heterocycles. The number of pyridine rings is 1. The van der Waals surface area contributed by atoms with Crippen molar-refractivity contribution in [2.75, 3.05) is 31.4 Å². The summed E-state index contributed by atoms with van der Waals surface area (Å²) in [5.41, 5.74) is 1.70. The minimum atomic E-state index is -1.96. The Morgan fingerprint density at radius 1 is 1.29 bits per heavy atom. The maximum Gasteiger partial charge on any atom is 0.277 e. The molecule has 1 aromatic carbocycles. The van der Waals surface area contributed by atoms with Crippen LogP contribution in [0.25, 0.3) is 0 Å². The summed E-state index contributed by atoms with van der Waals surface area (Å²) < 4.78 is 54.6. The smallest absolute Gasteiger partial charge is 0.277 e. The van der Waals surface area contributed by atoms with Gasteiger partial charge < -0.3 is 20.5 Å². The summed E-state index contributed by atoms with van der Waals surface area (Å²) in [5.74, 6) is -2.36. The van der Waals surface area contributed by atoms with E-state index in [9.17, 15) is 13.6 Å². The minimum Gasteiger partial charge on any atom is -0.495 e. The second-order valence-electron chi connectivity index (χ2n) is 6.91. The number of nitrogens with two attached hydrogens (primary N) is 1. The average molecular weight is 475 g/mol. The normalized spacial score (nSPS) is 24.6. The first-order valence-electron chi connectivity index (χ1n) is 8.84. The zero-order chi connectivity index (χ0) is 21.5. The molecule has 31 heavy (non-hydrogen) atoms. The standard InChI is InChI=1S/C19H17F3N4O3S.ClH/c1-28-11-5-14(21)15(24-6-11)16(27)25-10-2-3-13(20)12(4-10)19-8-29-7-18(19,22)9-30-17(23)26-19;/h2-6H,7-9H2,1H3,(H2,23,26)(H,25,27);1H/t18-,19-;/m1./s1. The Hall–Kier alpha value is -2.50. The maximum atomic E-state index is 15.6. The minimum absolute atomic E-state index is 0. The van der Waals surface area contributed by atoms with Crippen molar-refractivity contribution in [2.24, 2.45) is 10.7 Å². The van der Waals surface area contributed by atoms with Crippen LogP contribution < -0.4 is 15.8 Å². The SMILES string of the molecule is COc1cnc(C(=O)Nc2ccc(F)c([C@]34COC[C@@]3(F)CSC(N)=N4)c2)c(F)c1.Cl. The number of amides is 1. The first-order chi connectivity index (χ1) is 14.3. The average Bonchev–Trinajstić information content (AvgIpc) is 3.06. The van der Waals surface area contributed by atoms with Crippen LogP contribution in [0.5, 0.6) is 5.75 Å². The summed E-state index contributed by atoms with van der Waals surface area (Å²) in [6.07, 6.45) is 1.19. The number of anilines is 1. The Morgan fingerprint density at radius 3 is 2.77 bits per heavy atom. The molecule has 3 N–H and O–H groups in total. The summed E-state index contributed by atoms with van der Waals surface area (Å²) in [4.78, 5) is 20.4. The molecule has 1 aromatic heterocycles. The third kappa shape index (κ3) is 3.92. The van der Waals surface area contributed by atoms with E-state index in [1.165, 1.54) is 25.4 Å². The number of methoxy groups -OCH3 is 1. The van der Waals surface area contributed by atoms with Crippen LogP contribution >= 0.6 is 24.2 Å². The lowest BCUT2D eigenvalue weighted by Gasteiger charge is -2.38. The number of alkyl halides is 1. The van der Waals surface area contributed by atoms with Crippen LogP contribution in [0.2, 0.25) is 0 Å². The molecule has 0 bridgehead atoms. The maximum absolute atomic E-state index is 15.6. The fraction of sp³-hybridized carbons (Fsp3) is 0.316. The number of ether oxygens (including phenoxy) is 2. The predicted molar refractivity (Wildman–Crippen MR) is 113 cm³/mol. The van der Waals surface area contributed by atoms with Gasteiger partial charge in [0.2, 0.25) is 0 Å². The van der Waals surface area contributed by atoms with Crippen LogP contribution in [0.3, 0.4) is 0 Å². The third-order valence-corrected chi connectivity index (χ3v) is 6.06. The fourth-order valence-corrected chi connectivity index (χ4v) is 4.42. The molecular weight excluding hydrogens is 457 g/mol. The topological polar surface area (TPSA) is 98.8 Å². The molecule has 0 saturated carbocycles. The number of thioether (sulfide) groups is 1. The number of aromatic nitrogens is 1. The lowest BCUT2D eigenvalue weighted by molar-refractivity contribution is 0.101. The van der Waals surface area contributed by atoms with E-state index in [0.29, 0.717) is 0 Å². The zero-order valence-electron chi connectivity index (χ0n) is 16.2. The number of hydrogen-bond acceptors (Lipinski definition) is 7. The van der Waals surface area contributed by atoms with Crippen LogP contribution in [0.1, 0.15) is 16.1 Å². The summed E-state index contributed by atoms with van der Waals surface area (Å²) in [6, 6.07) is 4.62. The molecule has 1 fully saturated rings. The van der Waals surface area contributed by atoms with Crippen LogP contribution in [-0.4, -0.2) is 47.8 Å². The van der Waals surface area contributed by atoms with Crippen molar-refractivity contribution in [1.82, 2.24) is 4.98 Å². The predicted octanol–water partition coefficient (Wildman–Crippen LogP) is 3.04. The molecule has 3 heterocycles. The van der Waals surface area contributed by atoms with E-state index in [4.69, 9.17) is 15.2 Å². The lowest BCUT2D eigenvalue weighted by atomic mass is 9.79. The number of hydrogen-bond donors (Lipinski definition) is 2. The van der Waals surface area contributed by atoms with Gasteiger partial charge in [-0.3, -0.25) is 4.79 Å². The quantitative estimate of drug-likeness (QED) is 0.706. The second kappa shape index (κ2) is 8.56. The highest BCUT2D eigenvalue weighted by Gasteiger charge is 2.61. The molecule has 0 spiro atoms. The van der Waals surface area contributed by atoms with E-state index in [-0.39, 0.29) is 53.5 Å². The number of aliphatic imine (C=N–C) groups is 1. The van der Waals surface area contributed by atoms with E-state index in [1.54, 1.807) is 0 Å². The van der Waals surface area contributed by atoms with Crippen LogP contribution in [0, 0.1) is 11.6 Å². The number of nitrogens with one attached hydrogen (secondary N) is 1. The summed E-state index contributed by atoms with van der Waals surface area (Å²) >= 11 is 1.03. The van der Waals surface area contributed by atoms with Crippen molar-refractivity contribution in [2.45, 2.75) is 11.2 Å². The molecule has 0 radical (unpaired) electrons. The van der Waals surface area contributed by atoms with Gasteiger partial charge in [0.15, 0.2) is 27.9 Å². The molecule has 12 heteroatoms. The Kier molecular flexibility index (Phi) is 6.40. The lowest BCUT2D eigenvalue weighted by Crippen LogP contribution is -2.52. The molecule has 2 atom stereocenters. The molecule has 1 amide bonds. The molecule has 2 aromatic rings. The molecule has 166 valence electrons. The number of amidine groups is 1. The van der Waals surface area contributed by atoms with Crippen molar-refractivity contribution in [3.63, 3.8) is 0 Å². The van der Waals surface area contributed by atoms with Crippen molar-refractivity contribution in [3.05, 3.63) is 53.4 Å². The number of carbonyl (C=O) groups excluding carboxylic acids is 1. The highest BCUT2D eigenvalue weighted by molar-refractivity contribution is 8.13. The highest BCUT2D eigenvalue weighted by atomic mass is 35.5. The van der Waals surface area contributed by atoms with Gasteiger partial charge in [0, 0.05) is 23.1 Å². The molecule has 2 aliphatic rings. The van der Waals surface area contributed by atoms with Gasteiger partial charge in [-0.05, 0) is 18.2 Å². The number of fused-ring (bicyclic) bond motifs is 1. The first kappa shape index (κ1) is 23.2. The van der Waals surface area contributed by atoms with Gasteiger partial charge in [-0.15, -0.1) is 12.4 Å². The van der Waals surface area contributed by atoms with E-state index < -0.39 is 34.4 Å². The summed E-state index contributed by atoms with van der Waals surface area (Å²) in [6.45, 7) is -0.457. The summed E-state index contributed by atoms with van der Waals surface area (Å²) in [7, 11) is 1.34. The van der Waals surface area contributed by atoms with Crippen molar-refractivity contribution < 1.29 is 27.4 Å². The second-order valence-corrected chi connectivity index (χ2v) is 7.91. The Morgan fingerprint density at radius 2 is 2.06 bits per heavy atom. The van der Waals surface area contributed by atoms with Crippen LogP contribution in [0.4, 0.5) is 18.9 Å². The monoisotopic (exact) mass is 474 g/mol. The summed E-state index contributed by atoms with van der Waals surface area (Å²) in [5, 5.41) is 2.56. The molecular formula is C19H18ClF3N4O3S. The Bertz CT molecular complexity index is 1060. The van der Waals surface area contributed by atoms with Gasteiger partial charge in [0.05, 0.1) is 26.5 Å². The van der Waals surface area contributed by atoms with Crippen molar-refractivity contribution in [3.8, 4) is 5.75 Å². The van der Waals surface area contributed by atoms with Crippen molar-refractivity contribution >= 4 is 40.9 Å². The van der Waals surface area contributed by atoms with Gasteiger partial charge in [-0.25, -0.2) is 23.1 Å². The van der Waals surface area contributed by atoms with E-state index in [2.05, 4.69) is 15.3 Å². The Balaban J connectivity index is 0.00000272. The van der Waals surface area contributed by atoms with E-state index in [1.807, 2.05) is 0 Å². The first-order valence-corrected chi connectivity index (χ1v) is 9.82. The van der Waals surface area contributed by atoms with Gasteiger partial charge in [0.1, 0.15) is 11.6 Å². The van der Waals surface area contributed by atoms with E-state index >= 15 is 4.39 Å². The molecule has 1 saturated heterocycles. The molecule has 7 nitrogen and oxygen atoms in total. The highest BCUT2D eigenvalue weighted by Crippen LogP contribution is 2.50. The number of benzene rings is 1. The zero-order valence-corrected chi connectivity index (χ0v) is 17.8. The van der Waals surface area contributed by atoms with Crippen LogP contribution in [0.15, 0.2) is 35.5 Å². The van der Waals surface area contributed by atoms with Gasteiger partial charge in [-0.1, -0.05) is 11.8 Å². The molecule has 4 rings (SSSR count). The number of halogens is 4. The number of nitrogens with zero attached hydrogens (tertiary/aromatic N) is 2. The fourth-order valence-electron chi connectivity index (χ4n) is 3.50.